The van der Waals surface area contributed by atoms with Crippen molar-refractivity contribution in [2.45, 2.75) is 37.6 Å². The maximum atomic E-state index is 11.2. The molecule has 70 valence electrons. The SMILES string of the molecule is C[SiH](C)C1(C(N)=O)CCCCO1. The highest BCUT2D eigenvalue weighted by Crippen LogP contribution is 2.27. The van der Waals surface area contributed by atoms with Gasteiger partial charge in [-0.2, -0.15) is 0 Å². The van der Waals surface area contributed by atoms with E-state index in [-0.39, 0.29) is 5.91 Å². The Morgan fingerprint density at radius 3 is 2.42 bits per heavy atom. The average molecular weight is 187 g/mol. The number of hydrogen-bond donors (Lipinski definition) is 1. The van der Waals surface area contributed by atoms with Crippen LogP contribution >= 0.6 is 0 Å². The second-order valence-electron chi connectivity index (χ2n) is 3.71. The molecule has 0 radical (unpaired) electrons. The Morgan fingerprint density at radius 2 is 2.17 bits per heavy atom. The number of carbonyl (C=O) groups excluding carboxylic acids is 1. The van der Waals surface area contributed by atoms with Crippen LogP contribution in [0.25, 0.3) is 0 Å². The molecular formula is C8H17NO2Si. The Kier molecular flexibility index (Phi) is 2.90. The fourth-order valence-corrected chi connectivity index (χ4v) is 3.55. The summed E-state index contributed by atoms with van der Waals surface area (Å²) >= 11 is 0. The number of carbonyl (C=O) groups is 1. The van der Waals surface area contributed by atoms with E-state index >= 15 is 0 Å². The van der Waals surface area contributed by atoms with E-state index in [0.29, 0.717) is 6.61 Å². The van der Waals surface area contributed by atoms with Gasteiger partial charge in [0, 0.05) is 6.61 Å². The van der Waals surface area contributed by atoms with Crippen LogP contribution in [0.5, 0.6) is 0 Å². The van der Waals surface area contributed by atoms with Crippen molar-refractivity contribution in [2.75, 3.05) is 6.61 Å². The maximum Gasteiger partial charge on any atom is 0.245 e. The zero-order valence-electron chi connectivity index (χ0n) is 7.80. The van der Waals surface area contributed by atoms with Crippen LogP contribution in [0.3, 0.4) is 0 Å². The number of ether oxygens (including phenoxy) is 1. The molecule has 0 bridgehead atoms. The molecule has 1 unspecified atom stereocenters. The first kappa shape index (κ1) is 9.73. The van der Waals surface area contributed by atoms with Crippen LogP contribution in [0.4, 0.5) is 0 Å². The molecule has 1 atom stereocenters. The molecule has 4 heteroatoms. The lowest BCUT2D eigenvalue weighted by Crippen LogP contribution is -2.57. The van der Waals surface area contributed by atoms with Crippen LogP contribution in [0, 0.1) is 0 Å². The predicted molar refractivity (Wildman–Crippen MR) is 50.6 cm³/mol. The number of hydrogen-bond acceptors (Lipinski definition) is 2. The molecule has 1 heterocycles. The second-order valence-corrected chi connectivity index (χ2v) is 6.96. The minimum Gasteiger partial charge on any atom is -0.369 e. The Morgan fingerprint density at radius 1 is 1.50 bits per heavy atom. The van der Waals surface area contributed by atoms with E-state index in [4.69, 9.17) is 10.5 Å². The topological polar surface area (TPSA) is 52.3 Å². The van der Waals surface area contributed by atoms with Crippen molar-refractivity contribution in [3.63, 3.8) is 0 Å². The summed E-state index contributed by atoms with van der Waals surface area (Å²) in [4.78, 5) is 11.2. The lowest BCUT2D eigenvalue weighted by atomic mass is 10.1. The summed E-state index contributed by atoms with van der Waals surface area (Å²) in [5.41, 5.74) is 5.37. The molecule has 0 spiro atoms. The first-order chi connectivity index (χ1) is 5.59. The molecular weight excluding hydrogens is 170 g/mol. The van der Waals surface area contributed by atoms with E-state index < -0.39 is 14.0 Å². The summed E-state index contributed by atoms with van der Waals surface area (Å²) in [6.07, 6.45) is 2.98. The van der Waals surface area contributed by atoms with E-state index in [1.54, 1.807) is 0 Å². The van der Waals surface area contributed by atoms with Crippen molar-refractivity contribution in [2.24, 2.45) is 5.73 Å². The van der Waals surface area contributed by atoms with Gasteiger partial charge in [0.05, 0.1) is 8.80 Å². The molecule has 2 N–H and O–H groups in total. The minimum absolute atomic E-state index is 0.246. The molecule has 1 aliphatic heterocycles. The number of rotatable bonds is 2. The van der Waals surface area contributed by atoms with Crippen LogP contribution in [-0.2, 0) is 9.53 Å². The average Bonchev–Trinajstić information content (AvgIpc) is 2.05. The van der Waals surface area contributed by atoms with Crippen molar-refractivity contribution in [1.29, 1.82) is 0 Å². The molecule has 0 aliphatic carbocycles. The van der Waals surface area contributed by atoms with Crippen LogP contribution < -0.4 is 5.73 Å². The molecule has 1 aliphatic rings. The third-order valence-electron chi connectivity index (χ3n) is 2.65. The zero-order valence-corrected chi connectivity index (χ0v) is 8.95. The molecule has 1 amide bonds. The maximum absolute atomic E-state index is 11.2. The fourth-order valence-electron chi connectivity index (χ4n) is 1.75. The van der Waals surface area contributed by atoms with Crippen molar-refractivity contribution < 1.29 is 9.53 Å². The highest BCUT2D eigenvalue weighted by molar-refractivity contribution is 6.63. The summed E-state index contributed by atoms with van der Waals surface area (Å²) in [5.74, 6) is -0.246. The van der Waals surface area contributed by atoms with Gasteiger partial charge in [-0.3, -0.25) is 4.79 Å². The lowest BCUT2D eigenvalue weighted by Gasteiger charge is -2.37. The van der Waals surface area contributed by atoms with Gasteiger partial charge in [-0.05, 0) is 19.3 Å². The predicted octanol–water partition coefficient (Wildman–Crippen LogP) is 0.437. The van der Waals surface area contributed by atoms with Gasteiger partial charge < -0.3 is 10.5 Å². The molecule has 12 heavy (non-hydrogen) atoms. The summed E-state index contributed by atoms with van der Waals surface area (Å²) in [5, 5.41) is -0.543. The zero-order chi connectivity index (χ0) is 9.19. The van der Waals surface area contributed by atoms with Gasteiger partial charge >= 0.3 is 0 Å². The second kappa shape index (κ2) is 3.58. The van der Waals surface area contributed by atoms with Crippen LogP contribution in [0.1, 0.15) is 19.3 Å². The van der Waals surface area contributed by atoms with Crippen molar-refractivity contribution in [3.8, 4) is 0 Å². The van der Waals surface area contributed by atoms with Crippen molar-refractivity contribution in [3.05, 3.63) is 0 Å². The first-order valence-electron chi connectivity index (χ1n) is 4.53. The van der Waals surface area contributed by atoms with Crippen LogP contribution in [0.15, 0.2) is 0 Å². The van der Waals surface area contributed by atoms with Gasteiger partial charge in [-0.15, -0.1) is 0 Å². The molecule has 1 rings (SSSR count). The third-order valence-corrected chi connectivity index (χ3v) is 5.26. The Hall–Kier alpha value is -0.353. The Labute approximate surface area is 74.9 Å². The lowest BCUT2D eigenvalue weighted by molar-refractivity contribution is -0.138. The summed E-state index contributed by atoms with van der Waals surface area (Å²) < 4.78 is 5.58. The Bertz CT molecular complexity index is 176. The minimum atomic E-state index is -1.14. The quantitative estimate of drug-likeness (QED) is 0.638. The summed E-state index contributed by atoms with van der Waals surface area (Å²) in [6.45, 7) is 4.94. The van der Waals surface area contributed by atoms with Crippen LogP contribution in [0.2, 0.25) is 13.1 Å². The molecule has 3 nitrogen and oxygen atoms in total. The molecule has 0 aromatic carbocycles. The van der Waals surface area contributed by atoms with E-state index in [0.717, 1.165) is 19.3 Å². The molecule has 1 saturated heterocycles. The highest BCUT2D eigenvalue weighted by atomic mass is 28.3. The summed E-state index contributed by atoms with van der Waals surface area (Å²) in [7, 11) is -1.14. The van der Waals surface area contributed by atoms with Gasteiger partial charge in [-0.25, -0.2) is 0 Å². The van der Waals surface area contributed by atoms with Gasteiger partial charge in [0.2, 0.25) is 5.91 Å². The van der Waals surface area contributed by atoms with Crippen molar-refractivity contribution >= 4 is 14.7 Å². The first-order valence-corrected chi connectivity index (χ1v) is 7.42. The largest absolute Gasteiger partial charge is 0.369 e. The van der Waals surface area contributed by atoms with Gasteiger partial charge in [0.1, 0.15) is 5.22 Å². The van der Waals surface area contributed by atoms with Gasteiger partial charge in [0.15, 0.2) is 0 Å². The highest BCUT2D eigenvalue weighted by Gasteiger charge is 2.42. The monoisotopic (exact) mass is 187 g/mol. The summed E-state index contributed by atoms with van der Waals surface area (Å²) in [6, 6.07) is 0. The fraction of sp³-hybridized carbons (Fsp3) is 0.875. The third kappa shape index (κ3) is 1.54. The Balaban J connectivity index is 2.77. The molecule has 0 aromatic heterocycles. The number of amides is 1. The molecule has 0 aromatic rings. The normalized spacial score (nSPS) is 30.6. The van der Waals surface area contributed by atoms with E-state index in [1.807, 2.05) is 0 Å². The van der Waals surface area contributed by atoms with Gasteiger partial charge in [0.25, 0.3) is 0 Å². The van der Waals surface area contributed by atoms with Crippen LogP contribution in [-0.4, -0.2) is 26.5 Å². The van der Waals surface area contributed by atoms with Crippen molar-refractivity contribution in [1.82, 2.24) is 0 Å². The van der Waals surface area contributed by atoms with E-state index in [1.165, 1.54) is 0 Å². The van der Waals surface area contributed by atoms with E-state index in [9.17, 15) is 4.79 Å². The number of primary amides is 1. The standard InChI is InChI=1S/C8H17NO2Si/c1-12(2)8(7(9)10)5-3-4-6-11-8/h12H,3-6H2,1-2H3,(H2,9,10). The molecule has 0 saturated carbocycles. The number of nitrogens with two attached hydrogens (primary N) is 1. The van der Waals surface area contributed by atoms with Gasteiger partial charge in [-0.1, -0.05) is 13.1 Å². The van der Waals surface area contributed by atoms with E-state index in [2.05, 4.69) is 13.1 Å². The molecule has 1 fully saturated rings. The smallest absolute Gasteiger partial charge is 0.245 e.